The average Bonchev–Trinajstić information content (AvgIpc) is 3.63. The smallest absolute Gasteiger partial charge is 0.252 e. The molecule has 2 unspecified atom stereocenters. The van der Waals surface area contributed by atoms with Crippen LogP contribution in [0.3, 0.4) is 0 Å². The quantitative estimate of drug-likeness (QED) is 0.163. The van der Waals surface area contributed by atoms with E-state index in [1.807, 2.05) is 0 Å². The lowest BCUT2D eigenvalue weighted by Crippen LogP contribution is -2.61. The van der Waals surface area contributed by atoms with Crippen LogP contribution in [0.2, 0.25) is 0 Å². The van der Waals surface area contributed by atoms with Crippen molar-refractivity contribution in [1.82, 2.24) is 0 Å². The molecule has 0 fully saturated rings. The van der Waals surface area contributed by atoms with Crippen LogP contribution in [-0.4, -0.2) is 6.71 Å². The summed E-state index contributed by atoms with van der Waals surface area (Å²) >= 11 is 0. The van der Waals surface area contributed by atoms with Gasteiger partial charge in [-0.1, -0.05) is 219 Å². The number of anilines is 8. The van der Waals surface area contributed by atoms with Crippen molar-refractivity contribution in [3.63, 3.8) is 0 Å². The summed E-state index contributed by atoms with van der Waals surface area (Å²) in [5.74, 6) is 0. The second kappa shape index (κ2) is 17.1. The fourth-order valence-electron chi connectivity index (χ4n) is 14.0. The lowest BCUT2D eigenvalue weighted by Gasteiger charge is -2.53. The molecule has 77 heavy (non-hydrogen) atoms. The van der Waals surface area contributed by atoms with Gasteiger partial charge in [-0.2, -0.15) is 0 Å². The van der Waals surface area contributed by atoms with Crippen LogP contribution in [0.4, 0.5) is 45.5 Å². The minimum absolute atomic E-state index is 0.00875. The Balaban J connectivity index is 1.25. The molecule has 8 aromatic carbocycles. The van der Waals surface area contributed by atoms with Crippen molar-refractivity contribution in [1.29, 1.82) is 0 Å². The summed E-state index contributed by atoms with van der Waals surface area (Å²) in [6.07, 6.45) is 1.99. The number of benzene rings is 8. The standard InChI is InChI=1S/C73H80BN3/c1-67(2,3)48-29-34-54(35-30-48)75-62-38-33-52(70(10,11)12)43-60(62)74-59-36-31-53(71(13,14)15)44-63(59)76(55-27-22-26-50(41-55)68(4,5)6)65-46-56(45-64(75)66(65)74)77-61-37-32-51(69(7,8)9)42-58(61)73(49-24-18-17-19-25-49)40-39-47-23-20-21-28-57(47)72(73,77)16/h17-38,41-46H,39-40H2,1-16H3. The first-order chi connectivity index (χ1) is 36.2. The minimum Gasteiger partial charge on any atom is -0.330 e. The highest BCUT2D eigenvalue weighted by molar-refractivity contribution is 7.00. The maximum atomic E-state index is 2.81. The van der Waals surface area contributed by atoms with Gasteiger partial charge in [0.15, 0.2) is 0 Å². The molecule has 0 saturated carbocycles. The van der Waals surface area contributed by atoms with E-state index in [0.29, 0.717) is 0 Å². The van der Waals surface area contributed by atoms with E-state index in [4.69, 9.17) is 0 Å². The van der Waals surface area contributed by atoms with E-state index in [1.165, 1.54) is 112 Å². The number of nitrogens with zero attached hydrogens (tertiary/aromatic N) is 3. The zero-order valence-corrected chi connectivity index (χ0v) is 49.0. The number of fused-ring (bicyclic) bond motifs is 9. The summed E-state index contributed by atoms with van der Waals surface area (Å²) < 4.78 is 0. The molecule has 0 aromatic heterocycles. The van der Waals surface area contributed by atoms with E-state index >= 15 is 0 Å². The average molecular weight is 1010 g/mol. The molecular formula is C73H80BN3. The van der Waals surface area contributed by atoms with Gasteiger partial charge in [0.2, 0.25) is 0 Å². The van der Waals surface area contributed by atoms with Crippen LogP contribution in [0.1, 0.15) is 167 Å². The van der Waals surface area contributed by atoms with Gasteiger partial charge in [-0.25, -0.2) is 0 Å². The van der Waals surface area contributed by atoms with Gasteiger partial charge in [-0.3, -0.25) is 0 Å². The molecule has 0 bridgehead atoms. The third-order valence-electron chi connectivity index (χ3n) is 18.4. The van der Waals surface area contributed by atoms with Crippen LogP contribution in [0.5, 0.6) is 0 Å². The molecule has 0 spiro atoms. The van der Waals surface area contributed by atoms with Crippen molar-refractivity contribution in [2.75, 3.05) is 14.7 Å². The summed E-state index contributed by atoms with van der Waals surface area (Å²) in [5, 5.41) is 0. The monoisotopic (exact) mass is 1010 g/mol. The largest absolute Gasteiger partial charge is 0.330 e. The van der Waals surface area contributed by atoms with Crippen LogP contribution in [0, 0.1) is 0 Å². The van der Waals surface area contributed by atoms with Crippen molar-refractivity contribution in [3.05, 3.63) is 220 Å². The maximum Gasteiger partial charge on any atom is 0.252 e. The van der Waals surface area contributed by atoms with E-state index in [-0.39, 0.29) is 39.2 Å². The highest BCUT2D eigenvalue weighted by Gasteiger charge is 2.63. The van der Waals surface area contributed by atoms with Crippen molar-refractivity contribution in [3.8, 4) is 0 Å². The molecule has 0 saturated heterocycles. The Hall–Kier alpha value is -6.78. The van der Waals surface area contributed by atoms with Gasteiger partial charge in [0.1, 0.15) is 0 Å². The second-order valence-electron chi connectivity index (χ2n) is 28.5. The van der Waals surface area contributed by atoms with Crippen LogP contribution in [-0.2, 0) is 44.4 Å². The van der Waals surface area contributed by atoms with Gasteiger partial charge in [0.25, 0.3) is 6.71 Å². The topological polar surface area (TPSA) is 9.72 Å². The predicted octanol–water partition coefficient (Wildman–Crippen LogP) is 17.6. The Kier molecular flexibility index (Phi) is 11.3. The summed E-state index contributed by atoms with van der Waals surface area (Å²) in [7, 11) is 0. The van der Waals surface area contributed by atoms with Gasteiger partial charge < -0.3 is 14.7 Å². The maximum absolute atomic E-state index is 2.81. The fourth-order valence-corrected chi connectivity index (χ4v) is 14.0. The van der Waals surface area contributed by atoms with Gasteiger partial charge in [0.05, 0.1) is 11.0 Å². The predicted molar refractivity (Wildman–Crippen MR) is 332 cm³/mol. The van der Waals surface area contributed by atoms with Crippen molar-refractivity contribution >= 4 is 68.6 Å². The first kappa shape index (κ1) is 51.0. The van der Waals surface area contributed by atoms with Crippen LogP contribution < -0.4 is 31.1 Å². The molecular weight excluding hydrogens is 930 g/mol. The third-order valence-corrected chi connectivity index (χ3v) is 18.4. The SMILES string of the molecule is CC(C)(C)c1ccc(N2c3ccc(C(C)(C)C)cc3B3c4ccc(C(C)(C)C)cc4N(c4cccc(C(C)(C)C)c4)c4cc(N5c6ccc(C(C)(C)C)cc6C6(c7ccccc7)CCc7ccccc7C56C)cc2c43)cc1. The number of aryl methyl sites for hydroxylation is 1. The summed E-state index contributed by atoms with van der Waals surface area (Å²) in [6.45, 7) is 37.8. The Morgan fingerprint density at radius 2 is 0.909 bits per heavy atom. The zero-order chi connectivity index (χ0) is 54.6. The molecule has 2 atom stereocenters. The van der Waals surface area contributed by atoms with E-state index < -0.39 is 5.54 Å². The summed E-state index contributed by atoms with van der Waals surface area (Å²) in [4.78, 5) is 8.11. The van der Waals surface area contributed by atoms with Gasteiger partial charge in [0, 0.05) is 45.5 Å². The lowest BCUT2D eigenvalue weighted by molar-refractivity contribution is 0.270. The van der Waals surface area contributed by atoms with Gasteiger partial charge in [-0.15, -0.1) is 0 Å². The van der Waals surface area contributed by atoms with Crippen LogP contribution in [0.25, 0.3) is 0 Å². The third kappa shape index (κ3) is 7.80. The summed E-state index contributed by atoms with van der Waals surface area (Å²) in [5.41, 5.74) is 25.0. The highest BCUT2D eigenvalue weighted by Crippen LogP contribution is 2.67. The molecule has 0 radical (unpaired) electrons. The molecule has 3 heterocycles. The zero-order valence-electron chi connectivity index (χ0n) is 49.0. The van der Waals surface area contributed by atoms with Gasteiger partial charge in [-0.05, 0) is 168 Å². The normalized spacial score (nSPS) is 18.8. The number of hydrogen-bond acceptors (Lipinski definition) is 3. The Morgan fingerprint density at radius 1 is 0.377 bits per heavy atom. The van der Waals surface area contributed by atoms with Crippen LogP contribution in [0.15, 0.2) is 170 Å². The Morgan fingerprint density at radius 3 is 1.55 bits per heavy atom. The Labute approximate surface area is 462 Å². The molecule has 4 aliphatic rings. The molecule has 3 nitrogen and oxygen atoms in total. The van der Waals surface area contributed by atoms with E-state index in [2.05, 4.69) is 295 Å². The lowest BCUT2D eigenvalue weighted by atomic mass is 9.33. The molecule has 0 amide bonds. The first-order valence-corrected chi connectivity index (χ1v) is 28.6. The number of rotatable bonds is 4. The molecule has 3 aliphatic heterocycles. The van der Waals surface area contributed by atoms with Crippen molar-refractivity contribution in [2.24, 2.45) is 0 Å². The molecule has 0 N–H and O–H groups in total. The first-order valence-electron chi connectivity index (χ1n) is 28.6. The van der Waals surface area contributed by atoms with E-state index in [1.54, 1.807) is 0 Å². The van der Waals surface area contributed by atoms with E-state index in [9.17, 15) is 0 Å². The van der Waals surface area contributed by atoms with Crippen molar-refractivity contribution in [2.45, 2.75) is 162 Å². The number of hydrogen-bond donors (Lipinski definition) is 0. The molecule has 8 aromatic rings. The fraction of sp³-hybridized carbons (Fsp3) is 0.342. The molecule has 4 heteroatoms. The molecule has 1 aliphatic carbocycles. The van der Waals surface area contributed by atoms with Crippen molar-refractivity contribution < 1.29 is 0 Å². The molecule has 12 rings (SSSR count). The second-order valence-corrected chi connectivity index (χ2v) is 28.5. The molecule has 390 valence electrons. The summed E-state index contributed by atoms with van der Waals surface area (Å²) in [6, 6.07) is 67.5. The Bertz CT molecular complexity index is 3640. The van der Waals surface area contributed by atoms with E-state index in [0.717, 1.165) is 12.8 Å². The minimum atomic E-state index is -0.529. The van der Waals surface area contributed by atoms with Gasteiger partial charge >= 0.3 is 0 Å². The highest BCUT2D eigenvalue weighted by atomic mass is 15.3. The van der Waals surface area contributed by atoms with Crippen LogP contribution >= 0.6 is 0 Å².